The van der Waals surface area contributed by atoms with Crippen molar-refractivity contribution in [1.29, 1.82) is 0 Å². The first-order valence-corrected chi connectivity index (χ1v) is 11.2. The highest BCUT2D eigenvalue weighted by Gasteiger charge is 2.03. The molecule has 5 nitrogen and oxygen atoms in total. The van der Waals surface area contributed by atoms with Gasteiger partial charge in [-0.05, 0) is 62.8 Å². The van der Waals surface area contributed by atoms with E-state index in [-0.39, 0.29) is 0 Å². The van der Waals surface area contributed by atoms with Gasteiger partial charge in [-0.25, -0.2) is 9.97 Å². The molecule has 0 bridgehead atoms. The summed E-state index contributed by atoms with van der Waals surface area (Å²) >= 11 is 0. The van der Waals surface area contributed by atoms with Crippen molar-refractivity contribution < 1.29 is 14.2 Å². The molecule has 0 amide bonds. The van der Waals surface area contributed by atoms with Crippen molar-refractivity contribution in [3.8, 4) is 22.9 Å². The van der Waals surface area contributed by atoms with E-state index in [1.54, 1.807) is 12.4 Å². The Morgan fingerprint density at radius 2 is 1.37 bits per heavy atom. The molecule has 30 heavy (non-hydrogen) atoms. The number of hydrogen-bond acceptors (Lipinski definition) is 5. The van der Waals surface area contributed by atoms with E-state index in [4.69, 9.17) is 14.2 Å². The predicted octanol–water partition coefficient (Wildman–Crippen LogP) is 6.24. The average molecular weight is 413 g/mol. The second-order valence-electron chi connectivity index (χ2n) is 7.19. The number of hydrogen-bond donors (Lipinski definition) is 0. The lowest BCUT2D eigenvalue weighted by Crippen LogP contribution is -2.02. The minimum absolute atomic E-state index is 0.651. The zero-order chi connectivity index (χ0) is 21.3. The molecule has 0 aliphatic heterocycles. The Balaban J connectivity index is 1.68. The second kappa shape index (κ2) is 15.4. The molecule has 0 N–H and O–H groups in total. The third-order valence-electron chi connectivity index (χ3n) is 4.45. The lowest BCUT2D eigenvalue weighted by atomic mass is 10.2. The molecule has 2 aromatic rings. The van der Waals surface area contributed by atoms with Gasteiger partial charge in [0.2, 0.25) is 0 Å². The fraction of sp³-hybridized carbons (Fsp3) is 0.520. The number of nitrogens with zero attached hydrogens (tertiary/aromatic N) is 2. The Morgan fingerprint density at radius 1 is 0.700 bits per heavy atom. The summed E-state index contributed by atoms with van der Waals surface area (Å²) in [4.78, 5) is 8.84. The molecule has 0 aliphatic rings. The predicted molar refractivity (Wildman–Crippen MR) is 122 cm³/mol. The molecular weight excluding hydrogens is 376 g/mol. The summed E-state index contributed by atoms with van der Waals surface area (Å²) in [6.45, 7) is 7.31. The zero-order valence-corrected chi connectivity index (χ0v) is 18.5. The van der Waals surface area contributed by atoms with Crippen molar-refractivity contribution in [2.24, 2.45) is 0 Å². The van der Waals surface area contributed by atoms with E-state index in [2.05, 4.69) is 36.0 Å². The van der Waals surface area contributed by atoms with E-state index >= 15 is 0 Å². The topological polar surface area (TPSA) is 53.5 Å². The lowest BCUT2D eigenvalue weighted by Gasteiger charge is -2.08. The van der Waals surface area contributed by atoms with Gasteiger partial charge in [0.15, 0.2) is 11.6 Å². The van der Waals surface area contributed by atoms with Gasteiger partial charge in [0.25, 0.3) is 0 Å². The summed E-state index contributed by atoms with van der Waals surface area (Å²) in [6, 6.07) is 7.92. The molecule has 1 aromatic heterocycles. The lowest BCUT2D eigenvalue weighted by molar-refractivity contribution is 0.127. The van der Waals surface area contributed by atoms with Crippen molar-refractivity contribution >= 4 is 0 Å². The SMILES string of the molecule is CCC/C=C/CCCOc1ccc(-c2ncc(OCCCCOCCC)cn2)cc1. The van der Waals surface area contributed by atoms with Crippen LogP contribution in [0.1, 0.15) is 58.8 Å². The van der Waals surface area contributed by atoms with Crippen LogP contribution in [0.5, 0.6) is 11.5 Å². The van der Waals surface area contributed by atoms with Crippen molar-refractivity contribution in [3.63, 3.8) is 0 Å². The minimum atomic E-state index is 0.651. The van der Waals surface area contributed by atoms with Crippen LogP contribution in [-0.2, 0) is 4.74 Å². The van der Waals surface area contributed by atoms with Crippen LogP contribution in [0.15, 0.2) is 48.8 Å². The summed E-state index contributed by atoms with van der Waals surface area (Å²) in [5.74, 6) is 2.25. The Labute approximate surface area is 181 Å². The molecule has 0 saturated carbocycles. The van der Waals surface area contributed by atoms with Gasteiger partial charge in [-0.3, -0.25) is 0 Å². The van der Waals surface area contributed by atoms with Crippen LogP contribution >= 0.6 is 0 Å². The van der Waals surface area contributed by atoms with E-state index < -0.39 is 0 Å². The van der Waals surface area contributed by atoms with Gasteiger partial charge in [-0.15, -0.1) is 0 Å². The van der Waals surface area contributed by atoms with Crippen LogP contribution in [0.2, 0.25) is 0 Å². The highest BCUT2D eigenvalue weighted by molar-refractivity contribution is 5.56. The number of ether oxygens (including phenoxy) is 3. The summed E-state index contributed by atoms with van der Waals surface area (Å²) < 4.78 is 17.0. The number of allylic oxidation sites excluding steroid dienone is 2. The maximum Gasteiger partial charge on any atom is 0.159 e. The van der Waals surface area contributed by atoms with Gasteiger partial charge >= 0.3 is 0 Å². The maximum absolute atomic E-state index is 5.80. The first-order valence-electron chi connectivity index (χ1n) is 11.2. The molecular formula is C25H36N2O3. The van der Waals surface area contributed by atoms with Crippen LogP contribution < -0.4 is 9.47 Å². The monoisotopic (exact) mass is 412 g/mol. The maximum atomic E-state index is 5.80. The molecule has 0 radical (unpaired) electrons. The van der Waals surface area contributed by atoms with E-state index in [1.165, 1.54) is 6.42 Å². The smallest absolute Gasteiger partial charge is 0.159 e. The highest BCUT2D eigenvalue weighted by Crippen LogP contribution is 2.20. The Bertz CT molecular complexity index is 699. The average Bonchev–Trinajstić information content (AvgIpc) is 2.79. The van der Waals surface area contributed by atoms with E-state index in [0.29, 0.717) is 18.2 Å². The number of aromatic nitrogens is 2. The van der Waals surface area contributed by atoms with Crippen molar-refractivity contribution in [1.82, 2.24) is 9.97 Å². The van der Waals surface area contributed by atoms with Gasteiger partial charge < -0.3 is 14.2 Å². The fourth-order valence-corrected chi connectivity index (χ4v) is 2.78. The molecule has 0 fully saturated rings. The van der Waals surface area contributed by atoms with Crippen LogP contribution in [-0.4, -0.2) is 36.4 Å². The molecule has 164 valence electrons. The van der Waals surface area contributed by atoms with E-state index in [0.717, 1.165) is 69.7 Å². The zero-order valence-electron chi connectivity index (χ0n) is 18.5. The normalized spacial score (nSPS) is 11.1. The summed E-state index contributed by atoms with van der Waals surface area (Å²) in [5, 5.41) is 0. The Hall–Kier alpha value is -2.40. The minimum Gasteiger partial charge on any atom is -0.494 e. The summed E-state index contributed by atoms with van der Waals surface area (Å²) in [6.07, 6.45) is 15.4. The van der Waals surface area contributed by atoms with Crippen molar-refractivity contribution in [3.05, 3.63) is 48.8 Å². The van der Waals surface area contributed by atoms with Gasteiger partial charge in [0.05, 0.1) is 25.6 Å². The van der Waals surface area contributed by atoms with E-state index in [9.17, 15) is 0 Å². The van der Waals surface area contributed by atoms with Crippen LogP contribution in [0.3, 0.4) is 0 Å². The molecule has 2 rings (SSSR count). The molecule has 0 aliphatic carbocycles. The van der Waals surface area contributed by atoms with Gasteiger partial charge in [-0.1, -0.05) is 32.4 Å². The van der Waals surface area contributed by atoms with Crippen LogP contribution in [0.25, 0.3) is 11.4 Å². The third-order valence-corrected chi connectivity index (χ3v) is 4.45. The third kappa shape index (κ3) is 9.88. The molecule has 0 spiro atoms. The largest absolute Gasteiger partial charge is 0.494 e. The summed E-state index contributed by atoms with van der Waals surface area (Å²) in [7, 11) is 0. The van der Waals surface area contributed by atoms with Crippen LogP contribution in [0.4, 0.5) is 0 Å². The van der Waals surface area contributed by atoms with Crippen molar-refractivity contribution in [2.75, 3.05) is 26.4 Å². The van der Waals surface area contributed by atoms with E-state index in [1.807, 2.05) is 24.3 Å². The molecule has 0 atom stereocenters. The number of rotatable bonds is 16. The number of benzene rings is 1. The first-order chi connectivity index (χ1) is 14.8. The quantitative estimate of drug-likeness (QED) is 0.241. The standard InChI is InChI=1S/C25H36N2O3/c1-3-5-6-7-8-9-18-29-23-14-12-22(13-15-23)25-26-20-24(21-27-25)30-19-11-10-17-28-16-4-2/h6-7,12-15,20-21H,3-5,8-11,16-19H2,1-2H3/b7-6+. The van der Waals surface area contributed by atoms with Crippen LogP contribution in [0, 0.1) is 0 Å². The Morgan fingerprint density at radius 3 is 2.10 bits per heavy atom. The second-order valence-corrected chi connectivity index (χ2v) is 7.19. The fourth-order valence-electron chi connectivity index (χ4n) is 2.78. The van der Waals surface area contributed by atoms with Gasteiger partial charge in [0, 0.05) is 18.8 Å². The Kier molecular flexibility index (Phi) is 12.3. The van der Waals surface area contributed by atoms with Crippen molar-refractivity contribution in [2.45, 2.75) is 58.8 Å². The molecule has 0 unspecified atom stereocenters. The molecule has 0 saturated heterocycles. The van der Waals surface area contributed by atoms with Gasteiger partial charge in [-0.2, -0.15) is 0 Å². The first kappa shape index (κ1) is 23.9. The number of unbranched alkanes of at least 4 members (excludes halogenated alkanes) is 3. The molecule has 5 heteroatoms. The summed E-state index contributed by atoms with van der Waals surface area (Å²) in [5.41, 5.74) is 0.962. The van der Waals surface area contributed by atoms with Gasteiger partial charge in [0.1, 0.15) is 5.75 Å². The highest BCUT2D eigenvalue weighted by atomic mass is 16.5. The molecule has 1 heterocycles. The molecule has 1 aromatic carbocycles.